The van der Waals surface area contributed by atoms with E-state index in [1.165, 1.54) is 16.2 Å². The summed E-state index contributed by atoms with van der Waals surface area (Å²) in [6.07, 6.45) is 0. The Labute approximate surface area is 198 Å². The summed E-state index contributed by atoms with van der Waals surface area (Å²) in [5.41, 5.74) is 5.36. The summed E-state index contributed by atoms with van der Waals surface area (Å²) in [6.45, 7) is 7.67. The van der Waals surface area contributed by atoms with Gasteiger partial charge >= 0.3 is 0 Å². The number of ether oxygens (including phenoxy) is 2. The Morgan fingerprint density at radius 1 is 1.00 bits per heavy atom. The number of carbonyl (C=O) groups excluding carboxylic acids is 2. The number of nitrogens with zero attached hydrogens (tertiary/aromatic N) is 2. The first kappa shape index (κ1) is 24.3. The molecule has 3 aromatic rings. The summed E-state index contributed by atoms with van der Waals surface area (Å²) < 4.78 is 10.7. The summed E-state index contributed by atoms with van der Waals surface area (Å²) in [5.74, 6) is 0.717. The summed E-state index contributed by atoms with van der Waals surface area (Å²) in [5, 5.41) is 3.64. The predicted octanol–water partition coefficient (Wildman–Crippen LogP) is 4.77. The number of hydrogen-bond donors (Lipinski definition) is 1. The number of nitrogens with one attached hydrogen (secondary N) is 1. The number of thiazole rings is 1. The number of aromatic nitrogens is 1. The average molecular weight is 468 g/mol. The van der Waals surface area contributed by atoms with Crippen LogP contribution in [0.3, 0.4) is 0 Å². The largest absolute Gasteiger partial charge is 0.493 e. The van der Waals surface area contributed by atoms with Crippen LogP contribution in [0, 0.1) is 27.7 Å². The molecular formula is C25H29N3O4S. The second-order valence-corrected chi connectivity index (χ2v) is 8.99. The summed E-state index contributed by atoms with van der Waals surface area (Å²) in [6, 6.07) is 9.55. The Morgan fingerprint density at radius 2 is 1.64 bits per heavy atom. The smallest absolute Gasteiger partial charge is 0.266 e. The summed E-state index contributed by atoms with van der Waals surface area (Å²) in [7, 11) is 4.77. The molecule has 0 aliphatic heterocycles. The van der Waals surface area contributed by atoms with Gasteiger partial charge in [0.05, 0.1) is 26.5 Å². The van der Waals surface area contributed by atoms with Gasteiger partial charge in [0.2, 0.25) is 5.91 Å². The third-order valence-corrected chi connectivity index (χ3v) is 6.48. The number of amides is 2. The van der Waals surface area contributed by atoms with Crippen LogP contribution in [-0.4, -0.2) is 49.5 Å². The minimum atomic E-state index is -0.247. The van der Waals surface area contributed by atoms with Crippen LogP contribution in [-0.2, 0) is 4.79 Å². The Kier molecular flexibility index (Phi) is 7.38. The Morgan fingerprint density at radius 3 is 2.24 bits per heavy atom. The lowest BCUT2D eigenvalue weighted by atomic mass is 10.1. The van der Waals surface area contributed by atoms with Crippen LogP contribution in [0.2, 0.25) is 0 Å². The molecule has 0 bridgehead atoms. The average Bonchev–Trinajstić information content (AvgIpc) is 3.16. The van der Waals surface area contributed by atoms with Crippen LogP contribution in [0.1, 0.15) is 32.1 Å². The molecule has 0 saturated heterocycles. The molecule has 0 aliphatic carbocycles. The standard InChI is InChI=1S/C25H29N3O4S/c1-14-10-15(2)22(16(3)11-14)27-21(29)13-28(5)25(30)23-17(4)26-24(33-23)18-8-9-19(31-6)20(12-18)32-7/h8-12H,13H2,1-7H3,(H,27,29). The lowest BCUT2D eigenvalue weighted by Gasteiger charge is -2.18. The first-order valence-electron chi connectivity index (χ1n) is 10.5. The van der Waals surface area contributed by atoms with E-state index in [-0.39, 0.29) is 18.4 Å². The number of anilines is 1. The number of aryl methyl sites for hydroxylation is 4. The molecule has 3 rings (SSSR count). The van der Waals surface area contributed by atoms with Crippen LogP contribution >= 0.6 is 11.3 Å². The number of carbonyl (C=O) groups is 2. The third-order valence-electron chi connectivity index (χ3n) is 5.29. The number of methoxy groups -OCH3 is 2. The van der Waals surface area contributed by atoms with Crippen LogP contribution in [0.15, 0.2) is 30.3 Å². The van der Waals surface area contributed by atoms with Gasteiger partial charge in [-0.3, -0.25) is 9.59 Å². The first-order valence-corrected chi connectivity index (χ1v) is 11.3. The molecule has 0 unspecified atom stereocenters. The van der Waals surface area contributed by atoms with Crippen LogP contribution < -0.4 is 14.8 Å². The van der Waals surface area contributed by atoms with Crippen molar-refractivity contribution < 1.29 is 19.1 Å². The van der Waals surface area contributed by atoms with Crippen molar-refractivity contribution in [3.63, 3.8) is 0 Å². The fourth-order valence-corrected chi connectivity index (χ4v) is 4.76. The van der Waals surface area contributed by atoms with E-state index in [0.29, 0.717) is 27.1 Å². The number of benzene rings is 2. The zero-order valence-corrected chi connectivity index (χ0v) is 20.8. The molecule has 1 heterocycles. The molecule has 0 aliphatic rings. The SMILES string of the molecule is COc1ccc(-c2nc(C)c(C(=O)N(C)CC(=O)Nc3c(C)cc(C)cc3C)s2)cc1OC. The van der Waals surface area contributed by atoms with Crippen LogP contribution in [0.5, 0.6) is 11.5 Å². The Bertz CT molecular complexity index is 1180. The molecular weight excluding hydrogens is 438 g/mol. The molecule has 2 aromatic carbocycles. The fourth-order valence-electron chi connectivity index (χ4n) is 3.70. The molecule has 0 atom stereocenters. The normalized spacial score (nSPS) is 10.6. The highest BCUT2D eigenvalue weighted by Gasteiger charge is 2.22. The van der Waals surface area contributed by atoms with Crippen molar-refractivity contribution in [2.45, 2.75) is 27.7 Å². The molecule has 174 valence electrons. The molecule has 1 aromatic heterocycles. The van der Waals surface area contributed by atoms with Gasteiger partial charge < -0.3 is 19.7 Å². The lowest BCUT2D eigenvalue weighted by Crippen LogP contribution is -2.35. The van der Waals surface area contributed by atoms with E-state index in [1.54, 1.807) is 34.3 Å². The fraction of sp³-hybridized carbons (Fsp3) is 0.320. The maximum absolute atomic E-state index is 13.1. The maximum Gasteiger partial charge on any atom is 0.266 e. The van der Waals surface area contributed by atoms with Gasteiger partial charge in [0.25, 0.3) is 5.91 Å². The Balaban J connectivity index is 1.75. The van der Waals surface area contributed by atoms with E-state index >= 15 is 0 Å². The minimum Gasteiger partial charge on any atom is -0.493 e. The van der Waals surface area contributed by atoms with Gasteiger partial charge in [-0.15, -0.1) is 11.3 Å². The monoisotopic (exact) mass is 467 g/mol. The molecule has 0 radical (unpaired) electrons. The summed E-state index contributed by atoms with van der Waals surface area (Å²) >= 11 is 1.29. The van der Waals surface area contributed by atoms with Gasteiger partial charge in [0.15, 0.2) is 11.5 Å². The molecule has 2 amide bonds. The predicted molar refractivity (Wildman–Crippen MR) is 132 cm³/mol. The van der Waals surface area contributed by atoms with E-state index < -0.39 is 0 Å². The van der Waals surface area contributed by atoms with E-state index in [4.69, 9.17) is 9.47 Å². The highest BCUT2D eigenvalue weighted by molar-refractivity contribution is 7.17. The molecule has 0 fully saturated rings. The summed E-state index contributed by atoms with van der Waals surface area (Å²) in [4.78, 5) is 32.2. The zero-order chi connectivity index (χ0) is 24.3. The van der Waals surface area contributed by atoms with Gasteiger partial charge in [0, 0.05) is 18.3 Å². The van der Waals surface area contributed by atoms with E-state index in [9.17, 15) is 9.59 Å². The quantitative estimate of drug-likeness (QED) is 0.541. The highest BCUT2D eigenvalue weighted by Crippen LogP contribution is 2.35. The van der Waals surface area contributed by atoms with Crippen molar-refractivity contribution >= 4 is 28.8 Å². The molecule has 33 heavy (non-hydrogen) atoms. The van der Waals surface area contributed by atoms with Crippen molar-refractivity contribution in [3.8, 4) is 22.1 Å². The van der Waals surface area contributed by atoms with Gasteiger partial charge in [-0.1, -0.05) is 17.7 Å². The van der Waals surface area contributed by atoms with Crippen molar-refractivity contribution in [3.05, 3.63) is 57.6 Å². The van der Waals surface area contributed by atoms with E-state index in [1.807, 2.05) is 45.0 Å². The first-order chi connectivity index (χ1) is 15.6. The second kappa shape index (κ2) is 10.0. The number of rotatable bonds is 7. The molecule has 7 nitrogen and oxygen atoms in total. The highest BCUT2D eigenvalue weighted by atomic mass is 32.1. The van der Waals surface area contributed by atoms with Crippen LogP contribution in [0.25, 0.3) is 10.6 Å². The van der Waals surface area contributed by atoms with Crippen molar-refractivity contribution in [1.29, 1.82) is 0 Å². The van der Waals surface area contributed by atoms with Crippen molar-refractivity contribution in [2.24, 2.45) is 0 Å². The van der Waals surface area contributed by atoms with Gasteiger partial charge in [-0.05, 0) is 57.0 Å². The minimum absolute atomic E-state index is 0.0609. The third kappa shape index (κ3) is 5.34. The topological polar surface area (TPSA) is 80.8 Å². The lowest BCUT2D eigenvalue weighted by molar-refractivity contribution is -0.116. The van der Waals surface area contributed by atoms with E-state index in [2.05, 4.69) is 10.3 Å². The number of likely N-dealkylation sites (N-methyl/N-ethyl adjacent to an activating group) is 1. The van der Waals surface area contributed by atoms with Crippen molar-refractivity contribution in [2.75, 3.05) is 33.1 Å². The van der Waals surface area contributed by atoms with Gasteiger partial charge in [0.1, 0.15) is 9.88 Å². The van der Waals surface area contributed by atoms with E-state index in [0.717, 1.165) is 27.9 Å². The van der Waals surface area contributed by atoms with Gasteiger partial charge in [-0.2, -0.15) is 0 Å². The second-order valence-electron chi connectivity index (χ2n) is 7.99. The molecule has 8 heteroatoms. The molecule has 0 spiro atoms. The molecule has 1 N–H and O–H groups in total. The number of hydrogen-bond acceptors (Lipinski definition) is 6. The maximum atomic E-state index is 13.1. The Hall–Kier alpha value is -3.39. The van der Waals surface area contributed by atoms with Crippen LogP contribution in [0.4, 0.5) is 5.69 Å². The zero-order valence-electron chi connectivity index (χ0n) is 20.0. The van der Waals surface area contributed by atoms with Gasteiger partial charge in [-0.25, -0.2) is 4.98 Å². The molecule has 0 saturated carbocycles. The van der Waals surface area contributed by atoms with Crippen molar-refractivity contribution in [1.82, 2.24) is 9.88 Å².